The summed E-state index contributed by atoms with van der Waals surface area (Å²) in [5.41, 5.74) is 0.488. The van der Waals surface area contributed by atoms with Gasteiger partial charge in [-0.2, -0.15) is 0 Å². The number of benzene rings is 1. The zero-order chi connectivity index (χ0) is 16.7. The number of methoxy groups -OCH3 is 2. The van der Waals surface area contributed by atoms with E-state index in [9.17, 15) is 9.59 Å². The molecule has 22 heavy (non-hydrogen) atoms. The summed E-state index contributed by atoms with van der Waals surface area (Å²) in [4.78, 5) is 23.7. The quantitative estimate of drug-likeness (QED) is 0.662. The van der Waals surface area contributed by atoms with Crippen molar-refractivity contribution in [1.82, 2.24) is 10.6 Å². The van der Waals surface area contributed by atoms with Crippen LogP contribution in [0, 0.1) is 3.57 Å². The predicted octanol–water partition coefficient (Wildman–Crippen LogP) is 1.95. The Morgan fingerprint density at radius 1 is 1.18 bits per heavy atom. The molecule has 0 aliphatic heterocycles. The van der Waals surface area contributed by atoms with Crippen molar-refractivity contribution in [2.75, 3.05) is 20.8 Å². The van der Waals surface area contributed by atoms with Gasteiger partial charge in [0.1, 0.15) is 0 Å². The van der Waals surface area contributed by atoms with Gasteiger partial charge in [-0.3, -0.25) is 9.59 Å². The maximum Gasteiger partial charge on any atom is 0.252 e. The van der Waals surface area contributed by atoms with Gasteiger partial charge in [0.05, 0.1) is 19.8 Å². The predicted molar refractivity (Wildman–Crippen MR) is 92.5 cm³/mol. The number of ether oxygens (including phenoxy) is 2. The topological polar surface area (TPSA) is 76.7 Å². The fraction of sp³-hybridized carbons (Fsp3) is 0.467. The van der Waals surface area contributed by atoms with E-state index in [-0.39, 0.29) is 30.8 Å². The van der Waals surface area contributed by atoms with Crippen molar-refractivity contribution in [3.63, 3.8) is 0 Å². The van der Waals surface area contributed by atoms with Crippen LogP contribution in [0.4, 0.5) is 0 Å². The molecule has 0 unspecified atom stereocenters. The largest absolute Gasteiger partial charge is 0.493 e. The second-order valence-corrected chi connectivity index (χ2v) is 6.08. The Hall–Kier alpha value is -1.51. The monoisotopic (exact) mass is 420 g/mol. The van der Waals surface area contributed by atoms with Crippen molar-refractivity contribution in [2.24, 2.45) is 0 Å². The molecule has 0 aliphatic carbocycles. The first-order chi connectivity index (χ1) is 10.4. The first-order valence-corrected chi connectivity index (χ1v) is 7.96. The number of carbonyl (C=O) groups is 2. The third kappa shape index (κ3) is 5.36. The van der Waals surface area contributed by atoms with E-state index in [2.05, 4.69) is 33.2 Å². The number of hydrogen-bond donors (Lipinski definition) is 2. The summed E-state index contributed by atoms with van der Waals surface area (Å²) in [7, 11) is 3.06. The number of hydrogen-bond acceptors (Lipinski definition) is 4. The lowest BCUT2D eigenvalue weighted by Gasteiger charge is -2.12. The molecule has 1 aromatic rings. The Morgan fingerprint density at radius 2 is 1.77 bits per heavy atom. The lowest BCUT2D eigenvalue weighted by Crippen LogP contribution is -2.34. The molecule has 1 aromatic carbocycles. The van der Waals surface area contributed by atoms with Crippen LogP contribution in [0.2, 0.25) is 0 Å². The SMILES string of the molecule is COc1cc(I)c(C(=O)NCCC(=O)NC(C)C)cc1OC. The molecule has 0 radical (unpaired) electrons. The molecule has 0 spiro atoms. The summed E-state index contributed by atoms with van der Waals surface area (Å²) in [6.07, 6.45) is 0.244. The highest BCUT2D eigenvalue weighted by atomic mass is 127. The molecule has 0 bridgehead atoms. The lowest BCUT2D eigenvalue weighted by molar-refractivity contribution is -0.121. The van der Waals surface area contributed by atoms with Crippen LogP contribution in [-0.4, -0.2) is 38.6 Å². The maximum absolute atomic E-state index is 12.2. The van der Waals surface area contributed by atoms with Crippen molar-refractivity contribution >= 4 is 34.4 Å². The van der Waals surface area contributed by atoms with Gasteiger partial charge in [0.2, 0.25) is 5.91 Å². The van der Waals surface area contributed by atoms with Gasteiger partial charge in [-0.15, -0.1) is 0 Å². The van der Waals surface area contributed by atoms with Crippen molar-refractivity contribution in [2.45, 2.75) is 26.3 Å². The average Bonchev–Trinajstić information content (AvgIpc) is 2.45. The Labute approximate surface area is 144 Å². The van der Waals surface area contributed by atoms with Gasteiger partial charge in [0.15, 0.2) is 11.5 Å². The smallest absolute Gasteiger partial charge is 0.252 e. The molecule has 0 saturated heterocycles. The summed E-state index contributed by atoms with van der Waals surface area (Å²) < 4.78 is 11.1. The maximum atomic E-state index is 12.2. The van der Waals surface area contributed by atoms with E-state index in [1.807, 2.05) is 13.8 Å². The van der Waals surface area contributed by atoms with Crippen molar-refractivity contribution in [3.05, 3.63) is 21.3 Å². The Bertz CT molecular complexity index is 547. The van der Waals surface area contributed by atoms with E-state index >= 15 is 0 Å². The first-order valence-electron chi connectivity index (χ1n) is 6.88. The van der Waals surface area contributed by atoms with Crippen LogP contribution in [0.5, 0.6) is 11.5 Å². The molecule has 2 amide bonds. The van der Waals surface area contributed by atoms with E-state index in [0.717, 1.165) is 3.57 Å². The number of amides is 2. The molecular weight excluding hydrogens is 399 g/mol. The van der Waals surface area contributed by atoms with E-state index in [4.69, 9.17) is 9.47 Å². The zero-order valence-electron chi connectivity index (χ0n) is 13.2. The molecule has 0 aromatic heterocycles. The fourth-order valence-corrected chi connectivity index (χ4v) is 2.49. The minimum absolute atomic E-state index is 0.0858. The highest BCUT2D eigenvalue weighted by molar-refractivity contribution is 14.1. The molecule has 0 saturated carbocycles. The van der Waals surface area contributed by atoms with Gasteiger partial charge < -0.3 is 20.1 Å². The van der Waals surface area contributed by atoms with Crippen LogP contribution >= 0.6 is 22.6 Å². The third-order valence-electron chi connectivity index (χ3n) is 2.81. The van der Waals surface area contributed by atoms with Gasteiger partial charge in [0, 0.05) is 22.6 Å². The summed E-state index contributed by atoms with van der Waals surface area (Å²) in [6.45, 7) is 4.06. The van der Waals surface area contributed by atoms with Crippen LogP contribution in [-0.2, 0) is 4.79 Å². The highest BCUT2D eigenvalue weighted by Crippen LogP contribution is 2.31. The van der Waals surface area contributed by atoms with Crippen LogP contribution in [0.3, 0.4) is 0 Å². The third-order valence-corrected chi connectivity index (χ3v) is 3.70. The molecule has 0 heterocycles. The van der Waals surface area contributed by atoms with Gasteiger partial charge in [-0.05, 0) is 48.6 Å². The van der Waals surface area contributed by atoms with Gasteiger partial charge >= 0.3 is 0 Å². The minimum Gasteiger partial charge on any atom is -0.493 e. The Kier molecular flexibility index (Phi) is 7.43. The van der Waals surface area contributed by atoms with Gasteiger partial charge in [-0.25, -0.2) is 0 Å². The van der Waals surface area contributed by atoms with E-state index in [1.165, 1.54) is 7.11 Å². The summed E-state index contributed by atoms with van der Waals surface area (Å²) in [5.74, 6) is 0.727. The average molecular weight is 420 g/mol. The number of nitrogens with one attached hydrogen (secondary N) is 2. The Balaban J connectivity index is 2.68. The molecule has 1 rings (SSSR count). The second kappa shape index (κ2) is 8.82. The van der Waals surface area contributed by atoms with E-state index in [1.54, 1.807) is 19.2 Å². The first kappa shape index (κ1) is 18.5. The van der Waals surface area contributed by atoms with Crippen molar-refractivity contribution in [3.8, 4) is 11.5 Å². The molecular formula is C15H21IN2O4. The van der Waals surface area contributed by atoms with Crippen LogP contribution in [0.15, 0.2) is 12.1 Å². The summed E-state index contributed by atoms with van der Waals surface area (Å²) in [5, 5.41) is 5.50. The van der Waals surface area contributed by atoms with Crippen LogP contribution < -0.4 is 20.1 Å². The molecule has 122 valence electrons. The van der Waals surface area contributed by atoms with Gasteiger partial charge in [0.25, 0.3) is 5.91 Å². The fourth-order valence-electron chi connectivity index (χ4n) is 1.81. The van der Waals surface area contributed by atoms with Crippen molar-refractivity contribution < 1.29 is 19.1 Å². The minimum atomic E-state index is -0.247. The van der Waals surface area contributed by atoms with E-state index in [0.29, 0.717) is 17.1 Å². The van der Waals surface area contributed by atoms with E-state index < -0.39 is 0 Å². The standard InChI is InChI=1S/C15H21IN2O4/c1-9(2)18-14(19)5-6-17-15(20)10-7-12(21-3)13(22-4)8-11(10)16/h7-9H,5-6H2,1-4H3,(H,17,20)(H,18,19). The highest BCUT2D eigenvalue weighted by Gasteiger charge is 2.15. The van der Waals surface area contributed by atoms with Crippen molar-refractivity contribution in [1.29, 1.82) is 0 Å². The zero-order valence-corrected chi connectivity index (χ0v) is 15.3. The summed E-state index contributed by atoms with van der Waals surface area (Å²) in [6, 6.07) is 3.46. The molecule has 2 N–H and O–H groups in total. The molecule has 0 fully saturated rings. The summed E-state index contributed by atoms with van der Waals surface area (Å²) >= 11 is 2.06. The number of rotatable bonds is 7. The number of halogens is 1. The normalized spacial score (nSPS) is 10.3. The second-order valence-electron chi connectivity index (χ2n) is 4.92. The van der Waals surface area contributed by atoms with Gasteiger partial charge in [-0.1, -0.05) is 0 Å². The molecule has 0 atom stereocenters. The van der Waals surface area contributed by atoms with Crippen LogP contribution in [0.25, 0.3) is 0 Å². The molecule has 0 aliphatic rings. The Morgan fingerprint density at radius 3 is 2.32 bits per heavy atom. The van der Waals surface area contributed by atoms with Crippen LogP contribution in [0.1, 0.15) is 30.6 Å². The lowest BCUT2D eigenvalue weighted by atomic mass is 10.2. The molecule has 6 nitrogen and oxygen atoms in total. The number of carbonyl (C=O) groups excluding carboxylic acids is 2. The molecule has 7 heteroatoms.